The fraction of sp³-hybridized carbons (Fsp3) is 0.143. The Hall–Kier alpha value is -3.12. The van der Waals surface area contributed by atoms with Gasteiger partial charge in [0.15, 0.2) is 0 Å². The predicted octanol–water partition coefficient (Wildman–Crippen LogP) is 7.50. The molecule has 0 N–H and O–H groups in total. The highest BCUT2D eigenvalue weighted by molar-refractivity contribution is 5.87. The summed E-state index contributed by atoms with van der Waals surface area (Å²) in [6, 6.07) is 30.9. The molecule has 0 fully saturated rings. The zero-order chi connectivity index (χ0) is 19.5. The average molecular weight is 363 g/mol. The molecular weight excluding hydrogens is 336 g/mol. The highest BCUT2D eigenvalue weighted by Gasteiger charge is 2.11. The summed E-state index contributed by atoms with van der Waals surface area (Å²) < 4.78 is 0. The Morgan fingerprint density at radius 3 is 2.14 bits per heavy atom. The van der Waals surface area contributed by atoms with E-state index in [0.29, 0.717) is 0 Å². The van der Waals surface area contributed by atoms with Crippen molar-refractivity contribution >= 4 is 16.3 Å². The number of rotatable bonds is 4. The van der Waals surface area contributed by atoms with Crippen LogP contribution in [0.25, 0.3) is 16.3 Å². The maximum absolute atomic E-state index is 2.29. The van der Waals surface area contributed by atoms with Gasteiger partial charge in [0.2, 0.25) is 0 Å². The van der Waals surface area contributed by atoms with Gasteiger partial charge >= 0.3 is 0 Å². The molecule has 0 heterocycles. The van der Waals surface area contributed by atoms with E-state index in [2.05, 4.69) is 112 Å². The molecule has 0 saturated carbocycles. The Balaban J connectivity index is 1.80. The molecule has 0 aromatic heterocycles. The lowest BCUT2D eigenvalue weighted by molar-refractivity contribution is 1.20. The smallest absolute Gasteiger partial charge is 0.00135 e. The Morgan fingerprint density at radius 1 is 0.714 bits per heavy atom. The van der Waals surface area contributed by atoms with Gasteiger partial charge in [0.25, 0.3) is 0 Å². The molecule has 0 aliphatic rings. The second kappa shape index (κ2) is 7.86. The van der Waals surface area contributed by atoms with Gasteiger partial charge < -0.3 is 0 Å². The normalized spacial score (nSPS) is 11.8. The van der Waals surface area contributed by atoms with Crippen LogP contribution in [0.1, 0.15) is 40.3 Å². The van der Waals surface area contributed by atoms with Crippen molar-refractivity contribution < 1.29 is 0 Å². The van der Waals surface area contributed by atoms with Gasteiger partial charge in [0.1, 0.15) is 0 Å². The summed E-state index contributed by atoms with van der Waals surface area (Å²) in [6.07, 6.45) is 3.18. The van der Waals surface area contributed by atoms with Crippen molar-refractivity contribution in [2.45, 2.75) is 27.2 Å². The van der Waals surface area contributed by atoms with Crippen LogP contribution in [0.4, 0.5) is 0 Å². The van der Waals surface area contributed by atoms with E-state index in [9.17, 15) is 0 Å². The van der Waals surface area contributed by atoms with E-state index < -0.39 is 0 Å². The monoisotopic (exact) mass is 362 g/mol. The maximum atomic E-state index is 2.29. The van der Waals surface area contributed by atoms with E-state index in [0.717, 1.165) is 6.42 Å². The van der Waals surface area contributed by atoms with Gasteiger partial charge in [-0.25, -0.2) is 0 Å². The first-order valence-corrected chi connectivity index (χ1v) is 9.95. The fourth-order valence-corrected chi connectivity index (χ4v) is 4.20. The number of hydrogen-bond acceptors (Lipinski definition) is 0. The maximum Gasteiger partial charge on any atom is -0.00135 e. The van der Waals surface area contributed by atoms with E-state index in [1.54, 1.807) is 0 Å². The number of benzene rings is 4. The molecule has 0 nitrogen and oxygen atoms in total. The molecule has 0 spiro atoms. The van der Waals surface area contributed by atoms with Crippen molar-refractivity contribution in [1.29, 1.82) is 0 Å². The van der Waals surface area contributed by atoms with Crippen LogP contribution in [0.5, 0.6) is 0 Å². The molecular formula is C28H26. The average Bonchev–Trinajstić information content (AvgIpc) is 2.69. The van der Waals surface area contributed by atoms with Crippen LogP contribution in [-0.4, -0.2) is 0 Å². The van der Waals surface area contributed by atoms with Gasteiger partial charge in [0, 0.05) is 0 Å². The van der Waals surface area contributed by atoms with Crippen LogP contribution in [0.15, 0.2) is 91.0 Å². The number of fused-ring (bicyclic) bond motifs is 1. The summed E-state index contributed by atoms with van der Waals surface area (Å²) in [6.45, 7) is 6.49. The molecule has 0 unspecified atom stereocenters. The van der Waals surface area contributed by atoms with Crippen molar-refractivity contribution in [2.75, 3.05) is 0 Å². The molecule has 28 heavy (non-hydrogen) atoms. The van der Waals surface area contributed by atoms with Crippen molar-refractivity contribution in [1.82, 2.24) is 0 Å². The number of allylic oxidation sites excluding steroid dienone is 1. The van der Waals surface area contributed by atoms with Crippen molar-refractivity contribution in [3.63, 3.8) is 0 Å². The molecule has 4 rings (SSSR count). The fourth-order valence-electron chi connectivity index (χ4n) is 4.20. The summed E-state index contributed by atoms with van der Waals surface area (Å²) in [5.74, 6) is 0. The van der Waals surface area contributed by atoms with E-state index in [4.69, 9.17) is 0 Å². The summed E-state index contributed by atoms with van der Waals surface area (Å²) in [4.78, 5) is 0. The number of aryl methyl sites for hydroxylation is 2. The Labute approximate surface area is 168 Å². The third-order valence-corrected chi connectivity index (χ3v) is 5.39. The van der Waals surface area contributed by atoms with Crippen LogP contribution < -0.4 is 0 Å². The summed E-state index contributed by atoms with van der Waals surface area (Å²) in [5, 5.41) is 2.64. The quantitative estimate of drug-likeness (QED) is 0.352. The van der Waals surface area contributed by atoms with Crippen LogP contribution in [-0.2, 0) is 6.42 Å². The van der Waals surface area contributed by atoms with Crippen LogP contribution in [0.2, 0.25) is 0 Å². The zero-order valence-corrected chi connectivity index (χ0v) is 16.9. The first kappa shape index (κ1) is 18.3. The molecule has 0 saturated heterocycles. The van der Waals surface area contributed by atoms with E-state index in [1.807, 2.05) is 0 Å². The summed E-state index contributed by atoms with van der Waals surface area (Å²) in [7, 11) is 0. The molecule has 0 aliphatic heterocycles. The second-order valence-corrected chi connectivity index (χ2v) is 7.55. The molecule has 0 radical (unpaired) electrons. The Bertz CT molecular complexity index is 1140. The highest BCUT2D eigenvalue weighted by Crippen LogP contribution is 2.30. The van der Waals surface area contributed by atoms with Gasteiger partial charge in [0.05, 0.1) is 0 Å². The molecule has 0 heteroatoms. The predicted molar refractivity (Wildman–Crippen MR) is 122 cm³/mol. The topological polar surface area (TPSA) is 0 Å². The Kier molecular flexibility index (Phi) is 5.12. The van der Waals surface area contributed by atoms with Crippen molar-refractivity contribution in [3.05, 3.63) is 124 Å². The molecule has 0 amide bonds. The van der Waals surface area contributed by atoms with E-state index in [1.165, 1.54) is 49.7 Å². The zero-order valence-electron chi connectivity index (χ0n) is 16.9. The largest absolute Gasteiger partial charge is 0.0792 e. The van der Waals surface area contributed by atoms with Crippen LogP contribution in [0.3, 0.4) is 0 Å². The summed E-state index contributed by atoms with van der Waals surface area (Å²) in [5.41, 5.74) is 9.28. The SMILES string of the molecule is C/C=C(\c1cc(C)cc(C)c1)c1ccccc1Cc1cccc2ccccc12. The second-order valence-electron chi connectivity index (χ2n) is 7.55. The molecule has 0 aliphatic carbocycles. The van der Waals surface area contributed by atoms with Gasteiger partial charge in [-0.15, -0.1) is 0 Å². The molecule has 4 aromatic rings. The third kappa shape index (κ3) is 3.64. The van der Waals surface area contributed by atoms with Crippen LogP contribution >= 0.6 is 0 Å². The van der Waals surface area contributed by atoms with Crippen molar-refractivity contribution in [2.24, 2.45) is 0 Å². The standard InChI is InChI=1S/C28H26/c1-4-26(25-17-20(2)16-21(3)18-25)28-15-8-6-11-24(28)19-23-13-9-12-22-10-5-7-14-27(22)23/h4-18H,19H2,1-3H3/b26-4+. The molecule has 0 atom stereocenters. The minimum atomic E-state index is 0.930. The summed E-state index contributed by atoms with van der Waals surface area (Å²) >= 11 is 0. The lowest BCUT2D eigenvalue weighted by atomic mass is 9.89. The van der Waals surface area contributed by atoms with Crippen molar-refractivity contribution in [3.8, 4) is 0 Å². The van der Waals surface area contributed by atoms with Gasteiger partial charge in [-0.05, 0) is 65.8 Å². The Morgan fingerprint density at radius 2 is 1.36 bits per heavy atom. The minimum Gasteiger partial charge on any atom is -0.0792 e. The highest BCUT2D eigenvalue weighted by atomic mass is 14.2. The minimum absolute atomic E-state index is 0.930. The third-order valence-electron chi connectivity index (χ3n) is 5.39. The molecule has 4 aromatic carbocycles. The lowest BCUT2D eigenvalue weighted by Crippen LogP contribution is -1.98. The van der Waals surface area contributed by atoms with Crippen LogP contribution in [0, 0.1) is 13.8 Å². The molecule has 0 bridgehead atoms. The van der Waals surface area contributed by atoms with Gasteiger partial charge in [-0.1, -0.05) is 102 Å². The lowest BCUT2D eigenvalue weighted by Gasteiger charge is -2.16. The van der Waals surface area contributed by atoms with Gasteiger partial charge in [-0.2, -0.15) is 0 Å². The first-order valence-electron chi connectivity index (χ1n) is 9.95. The molecule has 138 valence electrons. The number of hydrogen-bond donors (Lipinski definition) is 0. The van der Waals surface area contributed by atoms with Gasteiger partial charge in [-0.3, -0.25) is 0 Å². The first-order chi connectivity index (χ1) is 13.7. The van der Waals surface area contributed by atoms with E-state index in [-0.39, 0.29) is 0 Å². The van der Waals surface area contributed by atoms with E-state index >= 15 is 0 Å².